The average molecular weight is 503 g/mol. The minimum atomic E-state index is -5.37. The summed E-state index contributed by atoms with van der Waals surface area (Å²) >= 11 is 5.86. The Labute approximate surface area is 197 Å². The third-order valence-corrected chi connectivity index (χ3v) is 5.45. The molecule has 1 aliphatic rings. The van der Waals surface area contributed by atoms with E-state index in [-0.39, 0.29) is 30.3 Å². The Morgan fingerprint density at radius 1 is 1.18 bits per heavy atom. The highest BCUT2D eigenvalue weighted by Gasteiger charge is 2.67. The van der Waals surface area contributed by atoms with Crippen LogP contribution in [0.4, 0.5) is 18.0 Å². The van der Waals surface area contributed by atoms with E-state index in [1.165, 1.54) is 37.5 Å². The summed E-state index contributed by atoms with van der Waals surface area (Å²) in [6.45, 7) is 1.32. The summed E-state index contributed by atoms with van der Waals surface area (Å²) in [5.41, 5.74) is -2.99. The van der Waals surface area contributed by atoms with E-state index in [0.29, 0.717) is 5.02 Å². The van der Waals surface area contributed by atoms with Gasteiger partial charge in [0.25, 0.3) is 5.72 Å². The Bertz CT molecular complexity index is 1050. The van der Waals surface area contributed by atoms with Crippen molar-refractivity contribution in [2.75, 3.05) is 13.7 Å². The Morgan fingerprint density at radius 3 is 2.44 bits per heavy atom. The molecule has 0 aliphatic carbocycles. The number of methoxy groups -OCH3 is 1. The smallest absolute Gasteiger partial charge is 0.437 e. The number of halogens is 4. The van der Waals surface area contributed by atoms with Crippen molar-refractivity contribution in [3.8, 4) is 11.5 Å². The van der Waals surface area contributed by atoms with Crippen molar-refractivity contribution in [2.24, 2.45) is 5.92 Å². The Balaban J connectivity index is 1.95. The minimum Gasteiger partial charge on any atom is -0.493 e. The van der Waals surface area contributed by atoms with Crippen molar-refractivity contribution in [3.63, 3.8) is 0 Å². The van der Waals surface area contributed by atoms with E-state index in [0.717, 1.165) is 5.56 Å². The second kappa shape index (κ2) is 9.98. The fourth-order valence-corrected chi connectivity index (χ4v) is 3.68. The maximum atomic E-state index is 13.8. The van der Waals surface area contributed by atoms with Gasteiger partial charge >= 0.3 is 18.2 Å². The number of hydrogen-bond acceptors (Lipinski definition) is 6. The van der Waals surface area contributed by atoms with Gasteiger partial charge < -0.3 is 30.0 Å². The van der Waals surface area contributed by atoms with Gasteiger partial charge in [-0.1, -0.05) is 29.8 Å². The largest absolute Gasteiger partial charge is 0.493 e. The highest BCUT2D eigenvalue weighted by molar-refractivity contribution is 6.30. The van der Waals surface area contributed by atoms with Gasteiger partial charge in [-0.15, -0.1) is 0 Å². The number of aliphatic hydroxyl groups is 1. The van der Waals surface area contributed by atoms with Gasteiger partial charge in [-0.3, -0.25) is 4.79 Å². The predicted molar refractivity (Wildman–Crippen MR) is 114 cm³/mol. The lowest BCUT2D eigenvalue weighted by atomic mass is 9.82. The maximum Gasteiger partial charge on any atom is 0.437 e. The first-order valence-corrected chi connectivity index (χ1v) is 10.5. The van der Waals surface area contributed by atoms with Crippen molar-refractivity contribution in [1.82, 2.24) is 10.6 Å². The zero-order chi connectivity index (χ0) is 25.1. The fraction of sp³-hybridized carbons (Fsp3) is 0.364. The molecule has 3 rings (SSSR count). The third-order valence-electron chi connectivity index (χ3n) is 5.20. The lowest BCUT2D eigenvalue weighted by molar-refractivity contribution is -0.294. The molecule has 2 aromatic carbocycles. The number of carbonyl (C=O) groups excluding carboxylic acids is 2. The summed E-state index contributed by atoms with van der Waals surface area (Å²) in [6.07, 6.45) is -5.37. The van der Waals surface area contributed by atoms with Crippen molar-refractivity contribution >= 4 is 23.6 Å². The van der Waals surface area contributed by atoms with E-state index in [2.05, 4.69) is 5.32 Å². The molecule has 1 fully saturated rings. The van der Waals surface area contributed by atoms with Crippen LogP contribution in [-0.2, 0) is 16.1 Å². The molecule has 3 N–H and O–H groups in total. The summed E-state index contributed by atoms with van der Waals surface area (Å²) in [5.74, 6) is -3.19. The molecule has 3 atom stereocenters. The predicted octanol–water partition coefficient (Wildman–Crippen LogP) is 3.71. The zero-order valence-electron chi connectivity index (χ0n) is 18.1. The molecule has 2 amide bonds. The van der Waals surface area contributed by atoms with Crippen molar-refractivity contribution in [1.29, 1.82) is 0 Å². The highest BCUT2D eigenvalue weighted by atomic mass is 35.5. The van der Waals surface area contributed by atoms with E-state index in [1.54, 1.807) is 24.3 Å². The van der Waals surface area contributed by atoms with Gasteiger partial charge in [0.1, 0.15) is 12.5 Å². The SMILES string of the molecule is CCOC(=O)C1C(c2ccc(OCc3ccc(Cl)cc3)c(OC)c2)NC(=O)NC1(O)C(F)(F)F. The van der Waals surface area contributed by atoms with Crippen LogP contribution in [0.15, 0.2) is 42.5 Å². The molecule has 0 bridgehead atoms. The number of esters is 1. The molecule has 12 heteroatoms. The van der Waals surface area contributed by atoms with Crippen molar-refractivity contribution in [2.45, 2.75) is 31.5 Å². The van der Waals surface area contributed by atoms with Crippen LogP contribution in [0.2, 0.25) is 5.02 Å². The highest BCUT2D eigenvalue weighted by Crippen LogP contribution is 2.44. The summed E-state index contributed by atoms with van der Waals surface area (Å²) in [4.78, 5) is 24.6. The third kappa shape index (κ3) is 5.15. The summed E-state index contributed by atoms with van der Waals surface area (Å²) < 4.78 is 57.2. The topological polar surface area (TPSA) is 106 Å². The molecule has 3 unspecified atom stereocenters. The molecule has 34 heavy (non-hydrogen) atoms. The molecule has 0 radical (unpaired) electrons. The fourth-order valence-electron chi connectivity index (χ4n) is 3.55. The van der Waals surface area contributed by atoms with Gasteiger partial charge in [0, 0.05) is 5.02 Å². The van der Waals surface area contributed by atoms with Gasteiger partial charge in [0.15, 0.2) is 11.5 Å². The van der Waals surface area contributed by atoms with E-state index < -0.39 is 35.9 Å². The molecule has 184 valence electrons. The average Bonchev–Trinajstić information content (AvgIpc) is 2.77. The van der Waals surface area contributed by atoms with Gasteiger partial charge in [-0.25, -0.2) is 4.79 Å². The molecule has 0 aromatic heterocycles. The van der Waals surface area contributed by atoms with Crippen molar-refractivity contribution in [3.05, 3.63) is 58.6 Å². The standard InChI is InChI=1S/C22H22ClF3N2O6/c1-3-33-19(29)17-18(27-20(30)28-21(17,31)22(24,25)26)13-6-9-15(16(10-13)32-2)34-11-12-4-7-14(23)8-5-12/h4-10,17-18,31H,3,11H2,1-2H3,(H2,27,28,30). The first kappa shape index (κ1) is 25.4. The van der Waals surface area contributed by atoms with Gasteiger partial charge in [-0.2, -0.15) is 13.2 Å². The van der Waals surface area contributed by atoms with Crippen LogP contribution >= 0.6 is 11.6 Å². The van der Waals surface area contributed by atoms with Gasteiger partial charge in [0.2, 0.25) is 0 Å². The first-order valence-electron chi connectivity index (χ1n) is 10.1. The number of amides is 2. The summed E-state index contributed by atoms with van der Waals surface area (Å²) in [5, 5.41) is 14.7. The van der Waals surface area contributed by atoms with Crippen LogP contribution in [0.3, 0.4) is 0 Å². The number of benzene rings is 2. The Morgan fingerprint density at radius 2 is 1.85 bits per heavy atom. The van der Waals surface area contributed by atoms with Crippen LogP contribution in [0.1, 0.15) is 24.1 Å². The number of alkyl halides is 3. The second-order valence-electron chi connectivity index (χ2n) is 7.40. The number of hydrogen-bond donors (Lipinski definition) is 3. The minimum absolute atomic E-state index is 0.0614. The second-order valence-corrected chi connectivity index (χ2v) is 7.83. The molecule has 8 nitrogen and oxygen atoms in total. The number of rotatable bonds is 7. The number of urea groups is 1. The van der Waals surface area contributed by atoms with E-state index in [4.69, 9.17) is 25.8 Å². The number of ether oxygens (including phenoxy) is 3. The lowest BCUT2D eigenvalue weighted by Crippen LogP contribution is -2.73. The van der Waals surface area contributed by atoms with Crippen LogP contribution in [0.5, 0.6) is 11.5 Å². The first-order chi connectivity index (χ1) is 16.0. The van der Waals surface area contributed by atoms with Crippen LogP contribution in [-0.4, -0.2) is 42.7 Å². The summed E-state index contributed by atoms with van der Waals surface area (Å²) in [7, 11) is 1.32. The molecular formula is C22H22ClF3N2O6. The van der Waals surface area contributed by atoms with E-state index in [9.17, 15) is 27.9 Å². The quantitative estimate of drug-likeness (QED) is 0.498. The maximum absolute atomic E-state index is 13.8. The molecule has 1 heterocycles. The van der Waals surface area contributed by atoms with E-state index in [1.807, 2.05) is 0 Å². The molecule has 1 aliphatic heterocycles. The number of carbonyl (C=O) groups is 2. The van der Waals surface area contributed by atoms with E-state index >= 15 is 0 Å². The molecule has 0 saturated carbocycles. The van der Waals surface area contributed by atoms with Gasteiger partial charge in [0.05, 0.1) is 19.8 Å². The molecule has 1 saturated heterocycles. The Hall–Kier alpha value is -3.18. The Kier molecular flexibility index (Phi) is 7.47. The lowest BCUT2D eigenvalue weighted by Gasteiger charge is -2.44. The van der Waals surface area contributed by atoms with Crippen LogP contribution in [0, 0.1) is 5.92 Å². The normalized spacial score (nSPS) is 22.4. The summed E-state index contributed by atoms with van der Waals surface area (Å²) in [6, 6.07) is 8.11. The molecule has 0 spiro atoms. The van der Waals surface area contributed by atoms with Crippen LogP contribution < -0.4 is 20.1 Å². The van der Waals surface area contributed by atoms with Gasteiger partial charge in [-0.05, 0) is 42.3 Å². The molecule has 2 aromatic rings. The number of nitrogens with one attached hydrogen (secondary N) is 2. The monoisotopic (exact) mass is 502 g/mol. The van der Waals surface area contributed by atoms with Crippen molar-refractivity contribution < 1.29 is 42.1 Å². The zero-order valence-corrected chi connectivity index (χ0v) is 18.9. The van der Waals surface area contributed by atoms with Crippen LogP contribution in [0.25, 0.3) is 0 Å². The molecular weight excluding hydrogens is 481 g/mol.